The molecule has 0 aromatic carbocycles. The molecule has 2 fully saturated rings. The molecule has 1 aromatic rings. The van der Waals surface area contributed by atoms with E-state index in [9.17, 15) is 0 Å². The van der Waals surface area contributed by atoms with Crippen LogP contribution in [0.5, 0.6) is 0 Å². The Balaban J connectivity index is 1.76. The largest absolute Gasteiger partial charge is 0.339 e. The molecular weight excluding hydrogens is 202 g/mol. The second-order valence-corrected chi connectivity index (χ2v) is 5.17. The topological polar surface area (TPSA) is 64.9 Å². The van der Waals surface area contributed by atoms with Gasteiger partial charge in [0.2, 0.25) is 5.89 Å². The van der Waals surface area contributed by atoms with Crippen molar-refractivity contribution in [3.05, 3.63) is 11.7 Å². The molecule has 0 unspecified atom stereocenters. The Labute approximate surface area is 95.6 Å². The van der Waals surface area contributed by atoms with Crippen LogP contribution in [0.15, 0.2) is 4.52 Å². The Morgan fingerprint density at radius 3 is 2.56 bits per heavy atom. The Morgan fingerprint density at radius 1 is 1.06 bits per heavy atom. The number of nitrogens with zero attached hydrogens (tertiary/aromatic N) is 2. The fourth-order valence-electron chi connectivity index (χ4n) is 3.05. The van der Waals surface area contributed by atoms with Gasteiger partial charge in [-0.05, 0) is 25.7 Å². The average molecular weight is 221 g/mol. The van der Waals surface area contributed by atoms with Crippen LogP contribution >= 0.6 is 0 Å². The molecule has 3 rings (SSSR count). The molecule has 0 radical (unpaired) electrons. The first-order valence-electron chi connectivity index (χ1n) is 6.43. The van der Waals surface area contributed by atoms with Crippen molar-refractivity contribution in [2.75, 3.05) is 0 Å². The number of hydrogen-bond acceptors (Lipinski definition) is 4. The van der Waals surface area contributed by atoms with Gasteiger partial charge in [0.1, 0.15) is 0 Å². The molecule has 4 heteroatoms. The zero-order valence-corrected chi connectivity index (χ0v) is 9.56. The molecule has 0 amide bonds. The second kappa shape index (κ2) is 4.17. The quantitative estimate of drug-likeness (QED) is 0.832. The van der Waals surface area contributed by atoms with Gasteiger partial charge in [0.05, 0.1) is 0 Å². The van der Waals surface area contributed by atoms with Crippen LogP contribution in [0.4, 0.5) is 0 Å². The van der Waals surface area contributed by atoms with Gasteiger partial charge in [-0.15, -0.1) is 0 Å². The molecular formula is C12H19N3O. The molecule has 16 heavy (non-hydrogen) atoms. The summed E-state index contributed by atoms with van der Waals surface area (Å²) in [7, 11) is 0. The summed E-state index contributed by atoms with van der Waals surface area (Å²) in [5.74, 6) is 2.55. The summed E-state index contributed by atoms with van der Waals surface area (Å²) in [6.45, 7) is 0. The van der Waals surface area contributed by atoms with E-state index in [-0.39, 0.29) is 6.04 Å². The van der Waals surface area contributed by atoms with Crippen LogP contribution in [0, 0.1) is 0 Å². The Kier molecular flexibility index (Phi) is 2.67. The molecule has 2 saturated carbocycles. The standard InChI is InChI=1S/C12H19N3O/c13-10-7-3-6-9(10)11-14-12(16-15-11)8-4-1-2-5-8/h8-10H,1-7,13H2/t9-,10-/m0/s1. The maximum absolute atomic E-state index is 6.05. The number of aromatic nitrogens is 2. The molecule has 88 valence electrons. The third kappa shape index (κ3) is 1.75. The fraction of sp³-hybridized carbons (Fsp3) is 0.833. The molecule has 0 spiro atoms. The lowest BCUT2D eigenvalue weighted by Crippen LogP contribution is -2.23. The van der Waals surface area contributed by atoms with Crippen LogP contribution in [-0.2, 0) is 0 Å². The SMILES string of the molecule is N[C@H]1CCC[C@@H]1c1noc(C2CCCC2)n1. The summed E-state index contributed by atoms with van der Waals surface area (Å²) in [4.78, 5) is 4.57. The van der Waals surface area contributed by atoms with Crippen molar-refractivity contribution in [1.82, 2.24) is 10.1 Å². The third-order valence-electron chi connectivity index (χ3n) is 4.06. The van der Waals surface area contributed by atoms with Crippen LogP contribution in [0.1, 0.15) is 68.5 Å². The lowest BCUT2D eigenvalue weighted by Gasteiger charge is -2.09. The van der Waals surface area contributed by atoms with E-state index >= 15 is 0 Å². The maximum Gasteiger partial charge on any atom is 0.229 e. The van der Waals surface area contributed by atoms with Crippen LogP contribution in [0.2, 0.25) is 0 Å². The molecule has 2 atom stereocenters. The number of nitrogens with two attached hydrogens (primary N) is 1. The smallest absolute Gasteiger partial charge is 0.229 e. The fourth-order valence-corrected chi connectivity index (χ4v) is 3.05. The first-order chi connectivity index (χ1) is 7.84. The van der Waals surface area contributed by atoms with Gasteiger partial charge in [-0.2, -0.15) is 4.98 Å². The van der Waals surface area contributed by atoms with Crippen molar-refractivity contribution in [3.63, 3.8) is 0 Å². The Hall–Kier alpha value is -0.900. The highest BCUT2D eigenvalue weighted by Gasteiger charge is 2.31. The van der Waals surface area contributed by atoms with Crippen molar-refractivity contribution in [3.8, 4) is 0 Å². The van der Waals surface area contributed by atoms with Crippen LogP contribution in [-0.4, -0.2) is 16.2 Å². The van der Waals surface area contributed by atoms with E-state index in [1.54, 1.807) is 0 Å². The van der Waals surface area contributed by atoms with Crippen molar-refractivity contribution in [1.29, 1.82) is 0 Å². The number of rotatable bonds is 2. The normalized spacial score (nSPS) is 31.3. The average Bonchev–Trinajstić information content (AvgIpc) is 2.96. The van der Waals surface area contributed by atoms with E-state index in [1.807, 2.05) is 0 Å². The zero-order valence-electron chi connectivity index (χ0n) is 9.56. The molecule has 0 aliphatic heterocycles. The van der Waals surface area contributed by atoms with Crippen molar-refractivity contribution >= 4 is 0 Å². The van der Waals surface area contributed by atoms with Gasteiger partial charge in [-0.1, -0.05) is 24.4 Å². The van der Waals surface area contributed by atoms with Crippen LogP contribution in [0.25, 0.3) is 0 Å². The molecule has 4 nitrogen and oxygen atoms in total. The minimum absolute atomic E-state index is 0.231. The Bertz CT molecular complexity index is 357. The first kappa shape index (κ1) is 10.3. The monoisotopic (exact) mass is 221 g/mol. The van der Waals surface area contributed by atoms with Gasteiger partial charge < -0.3 is 10.3 Å². The minimum atomic E-state index is 0.231. The highest BCUT2D eigenvalue weighted by molar-refractivity contribution is 5.05. The van der Waals surface area contributed by atoms with Gasteiger partial charge in [0, 0.05) is 17.9 Å². The lowest BCUT2D eigenvalue weighted by molar-refractivity contribution is 0.346. The van der Waals surface area contributed by atoms with Gasteiger partial charge in [-0.3, -0.25) is 0 Å². The van der Waals surface area contributed by atoms with E-state index in [4.69, 9.17) is 10.3 Å². The highest BCUT2D eigenvalue weighted by atomic mass is 16.5. The first-order valence-corrected chi connectivity index (χ1v) is 6.43. The summed E-state index contributed by atoms with van der Waals surface area (Å²) >= 11 is 0. The van der Waals surface area contributed by atoms with Crippen LogP contribution < -0.4 is 5.73 Å². The predicted octanol–water partition coefficient (Wildman–Crippen LogP) is 2.32. The van der Waals surface area contributed by atoms with E-state index < -0.39 is 0 Å². The van der Waals surface area contributed by atoms with E-state index in [0.29, 0.717) is 11.8 Å². The zero-order chi connectivity index (χ0) is 11.0. The van der Waals surface area contributed by atoms with Gasteiger partial charge >= 0.3 is 0 Å². The van der Waals surface area contributed by atoms with Crippen molar-refractivity contribution < 1.29 is 4.52 Å². The van der Waals surface area contributed by atoms with E-state index in [1.165, 1.54) is 32.1 Å². The molecule has 2 aliphatic carbocycles. The van der Waals surface area contributed by atoms with Gasteiger partial charge in [-0.25, -0.2) is 0 Å². The van der Waals surface area contributed by atoms with Gasteiger partial charge in [0.25, 0.3) is 0 Å². The molecule has 1 heterocycles. The molecule has 0 saturated heterocycles. The van der Waals surface area contributed by atoms with Crippen molar-refractivity contribution in [2.24, 2.45) is 5.73 Å². The van der Waals surface area contributed by atoms with Crippen LogP contribution in [0.3, 0.4) is 0 Å². The summed E-state index contributed by atoms with van der Waals surface area (Å²) in [5, 5.41) is 4.13. The highest BCUT2D eigenvalue weighted by Crippen LogP contribution is 2.36. The van der Waals surface area contributed by atoms with E-state index in [2.05, 4.69) is 10.1 Å². The minimum Gasteiger partial charge on any atom is -0.339 e. The Morgan fingerprint density at radius 2 is 1.88 bits per heavy atom. The molecule has 1 aromatic heterocycles. The van der Waals surface area contributed by atoms with Crippen molar-refractivity contribution in [2.45, 2.75) is 62.8 Å². The molecule has 0 bridgehead atoms. The third-order valence-corrected chi connectivity index (χ3v) is 4.06. The summed E-state index contributed by atoms with van der Waals surface area (Å²) in [5.41, 5.74) is 6.05. The van der Waals surface area contributed by atoms with E-state index in [0.717, 1.165) is 24.6 Å². The summed E-state index contributed by atoms with van der Waals surface area (Å²) < 4.78 is 5.39. The lowest BCUT2D eigenvalue weighted by atomic mass is 10.0. The molecule has 2 N–H and O–H groups in total. The predicted molar refractivity (Wildman–Crippen MR) is 60.1 cm³/mol. The van der Waals surface area contributed by atoms with Gasteiger partial charge in [0.15, 0.2) is 5.82 Å². The summed E-state index contributed by atoms with van der Waals surface area (Å²) in [6, 6.07) is 0.231. The number of hydrogen-bond donors (Lipinski definition) is 1. The summed E-state index contributed by atoms with van der Waals surface area (Å²) in [6.07, 6.45) is 8.41. The maximum atomic E-state index is 6.05. The molecule has 2 aliphatic rings. The second-order valence-electron chi connectivity index (χ2n) is 5.17.